The summed E-state index contributed by atoms with van der Waals surface area (Å²) in [5.74, 6) is 1.32. The van der Waals surface area contributed by atoms with Gasteiger partial charge in [-0.3, -0.25) is 4.90 Å². The molecule has 1 aliphatic rings. The van der Waals surface area contributed by atoms with E-state index in [0.717, 1.165) is 13.1 Å². The monoisotopic (exact) mass is 448 g/mol. The Morgan fingerprint density at radius 3 is 2.60 bits per heavy atom. The molecule has 6 nitrogen and oxygen atoms in total. The molecule has 1 fully saturated rings. The zero-order valence-corrected chi connectivity index (χ0v) is 18.5. The maximum atomic E-state index is 11.5. The van der Waals surface area contributed by atoms with E-state index in [0.29, 0.717) is 46.9 Å². The van der Waals surface area contributed by atoms with E-state index in [-0.39, 0.29) is 4.90 Å². The topological polar surface area (TPSA) is 90.6 Å². The lowest BCUT2D eigenvalue weighted by Gasteiger charge is -2.21. The Kier molecular flexibility index (Phi) is 7.04. The number of hydrogen-bond acceptors (Lipinski definition) is 6. The zero-order chi connectivity index (χ0) is 21.9. The van der Waals surface area contributed by atoms with Crippen LogP contribution in [0.2, 0.25) is 5.02 Å². The van der Waals surface area contributed by atoms with Crippen LogP contribution in [0.5, 0.6) is 5.75 Å². The normalized spacial score (nSPS) is 20.6. The van der Waals surface area contributed by atoms with Gasteiger partial charge in [0.1, 0.15) is 5.75 Å². The van der Waals surface area contributed by atoms with Crippen molar-refractivity contribution >= 4 is 21.4 Å². The van der Waals surface area contributed by atoms with Crippen LogP contribution >= 0.6 is 11.6 Å². The van der Waals surface area contributed by atoms with E-state index in [1.165, 1.54) is 6.26 Å². The Morgan fingerprint density at radius 1 is 1.27 bits per heavy atom. The summed E-state index contributed by atoms with van der Waals surface area (Å²) in [6, 6.07) is 13.4. The van der Waals surface area contributed by atoms with Crippen LogP contribution in [0.3, 0.4) is 0 Å². The number of hydrogen-bond donors (Lipinski definition) is 1. The molecule has 2 aromatic carbocycles. The molecule has 0 amide bonds. The second kappa shape index (κ2) is 9.36. The van der Waals surface area contributed by atoms with Crippen molar-refractivity contribution in [1.82, 2.24) is 4.90 Å². The molecule has 0 aromatic heterocycles. The molecule has 0 radical (unpaired) electrons. The van der Waals surface area contributed by atoms with Gasteiger partial charge in [0.2, 0.25) is 0 Å². The molecule has 1 N–H and O–H groups in total. The van der Waals surface area contributed by atoms with Crippen molar-refractivity contribution in [2.24, 2.45) is 11.8 Å². The summed E-state index contributed by atoms with van der Waals surface area (Å²) in [5.41, 5.74) is 1.07. The SMILES string of the molecule is C[C@@H]1CN(C[C@H](O)c2cc(Cl)cc(C#N)c2)C[C@H]1COc1ccc(S(C)(=O)=O)cc1. The first-order valence-corrected chi connectivity index (χ1v) is 12.0. The largest absolute Gasteiger partial charge is 0.493 e. The first-order valence-electron chi connectivity index (χ1n) is 9.69. The number of rotatable bonds is 7. The van der Waals surface area contributed by atoms with E-state index in [2.05, 4.69) is 17.9 Å². The molecule has 2 aromatic rings. The summed E-state index contributed by atoms with van der Waals surface area (Å²) in [5, 5.41) is 20.1. The van der Waals surface area contributed by atoms with Crippen molar-refractivity contribution < 1.29 is 18.3 Å². The number of likely N-dealkylation sites (tertiary alicyclic amines) is 1. The molecular formula is C22H25ClN2O4S. The molecular weight excluding hydrogens is 424 g/mol. The van der Waals surface area contributed by atoms with Gasteiger partial charge >= 0.3 is 0 Å². The maximum absolute atomic E-state index is 11.5. The van der Waals surface area contributed by atoms with E-state index in [4.69, 9.17) is 21.6 Å². The number of ether oxygens (including phenoxy) is 1. The van der Waals surface area contributed by atoms with Crippen LogP contribution in [0.4, 0.5) is 0 Å². The van der Waals surface area contributed by atoms with E-state index >= 15 is 0 Å². The van der Waals surface area contributed by atoms with Gasteiger partial charge in [0.15, 0.2) is 9.84 Å². The number of β-amino-alcohol motifs (C(OH)–C–C–N with tert-alkyl or cyclic N) is 1. The third-order valence-electron chi connectivity index (χ3n) is 5.42. The minimum Gasteiger partial charge on any atom is -0.493 e. The van der Waals surface area contributed by atoms with Gasteiger partial charge in [-0.05, 0) is 53.9 Å². The average molecular weight is 449 g/mol. The highest BCUT2D eigenvalue weighted by Crippen LogP contribution is 2.28. The molecule has 1 heterocycles. The third-order valence-corrected chi connectivity index (χ3v) is 6.77. The predicted octanol–water partition coefficient (Wildman–Crippen LogP) is 3.30. The van der Waals surface area contributed by atoms with Crippen LogP contribution in [0.25, 0.3) is 0 Å². The molecule has 0 saturated carbocycles. The summed E-state index contributed by atoms with van der Waals surface area (Å²) in [6.07, 6.45) is 0.447. The lowest BCUT2D eigenvalue weighted by atomic mass is 9.99. The van der Waals surface area contributed by atoms with Crippen LogP contribution in [-0.4, -0.2) is 50.9 Å². The molecule has 0 bridgehead atoms. The minimum absolute atomic E-state index is 0.268. The Morgan fingerprint density at radius 2 is 1.97 bits per heavy atom. The molecule has 0 aliphatic carbocycles. The predicted molar refractivity (Wildman–Crippen MR) is 115 cm³/mol. The summed E-state index contributed by atoms with van der Waals surface area (Å²) >= 11 is 6.04. The van der Waals surface area contributed by atoms with Gasteiger partial charge in [-0.15, -0.1) is 0 Å². The van der Waals surface area contributed by atoms with Gasteiger partial charge in [0, 0.05) is 36.8 Å². The number of halogens is 1. The highest BCUT2D eigenvalue weighted by atomic mass is 35.5. The van der Waals surface area contributed by atoms with Crippen molar-refractivity contribution in [3.8, 4) is 11.8 Å². The van der Waals surface area contributed by atoms with Crippen molar-refractivity contribution in [1.29, 1.82) is 5.26 Å². The quantitative estimate of drug-likeness (QED) is 0.698. The van der Waals surface area contributed by atoms with Crippen LogP contribution in [-0.2, 0) is 9.84 Å². The summed E-state index contributed by atoms with van der Waals surface area (Å²) < 4.78 is 29.0. The molecule has 3 atom stereocenters. The van der Waals surface area contributed by atoms with Crippen molar-refractivity contribution in [2.45, 2.75) is 17.9 Å². The number of aliphatic hydroxyl groups excluding tert-OH is 1. The highest BCUT2D eigenvalue weighted by Gasteiger charge is 2.31. The van der Waals surface area contributed by atoms with E-state index in [1.807, 2.05) is 0 Å². The van der Waals surface area contributed by atoms with E-state index in [1.54, 1.807) is 42.5 Å². The Hall–Kier alpha value is -2.11. The molecule has 3 rings (SSSR count). The number of nitriles is 1. The van der Waals surface area contributed by atoms with Gasteiger partial charge in [0.05, 0.1) is 29.2 Å². The van der Waals surface area contributed by atoms with Crippen molar-refractivity contribution in [3.05, 3.63) is 58.6 Å². The molecule has 0 spiro atoms. The summed E-state index contributed by atoms with van der Waals surface area (Å²) in [4.78, 5) is 2.45. The second-order valence-electron chi connectivity index (χ2n) is 7.91. The van der Waals surface area contributed by atoms with Crippen LogP contribution in [0, 0.1) is 23.2 Å². The summed E-state index contributed by atoms with van der Waals surface area (Å²) in [6.45, 7) is 4.74. The Balaban J connectivity index is 1.55. The molecule has 160 valence electrons. The van der Waals surface area contributed by atoms with E-state index < -0.39 is 15.9 Å². The van der Waals surface area contributed by atoms with E-state index in [9.17, 15) is 13.5 Å². The molecule has 8 heteroatoms. The maximum Gasteiger partial charge on any atom is 0.175 e. The zero-order valence-electron chi connectivity index (χ0n) is 17.0. The smallest absolute Gasteiger partial charge is 0.175 e. The highest BCUT2D eigenvalue weighted by molar-refractivity contribution is 7.90. The fraction of sp³-hybridized carbons (Fsp3) is 0.409. The Bertz CT molecular complexity index is 1030. The fourth-order valence-corrected chi connectivity index (χ4v) is 4.59. The molecule has 30 heavy (non-hydrogen) atoms. The number of benzene rings is 2. The minimum atomic E-state index is -3.22. The fourth-order valence-electron chi connectivity index (χ4n) is 3.71. The average Bonchev–Trinajstić information content (AvgIpc) is 3.04. The van der Waals surface area contributed by atoms with Gasteiger partial charge < -0.3 is 9.84 Å². The first-order chi connectivity index (χ1) is 14.2. The second-order valence-corrected chi connectivity index (χ2v) is 10.4. The molecule has 1 aliphatic heterocycles. The lowest BCUT2D eigenvalue weighted by Crippen LogP contribution is -2.27. The number of sulfone groups is 1. The van der Waals surface area contributed by atoms with Crippen LogP contribution < -0.4 is 4.74 Å². The van der Waals surface area contributed by atoms with Gasteiger partial charge in [-0.25, -0.2) is 8.42 Å². The Labute approximate surface area is 182 Å². The van der Waals surface area contributed by atoms with Crippen molar-refractivity contribution in [3.63, 3.8) is 0 Å². The van der Waals surface area contributed by atoms with Crippen molar-refractivity contribution in [2.75, 3.05) is 32.5 Å². The first kappa shape index (κ1) is 22.6. The van der Waals surface area contributed by atoms with Gasteiger partial charge in [-0.1, -0.05) is 18.5 Å². The standard InChI is InChI=1S/C22H25ClN2O4S/c1-15-11-25(13-22(26)17-7-16(10-24)8-19(23)9-17)12-18(15)14-29-20-3-5-21(6-4-20)30(2,27)28/h3-9,15,18,22,26H,11-14H2,1-2H3/t15-,18+,22+/m1/s1. The van der Waals surface area contributed by atoms with Crippen LogP contribution in [0.1, 0.15) is 24.2 Å². The third kappa shape index (κ3) is 5.73. The lowest BCUT2D eigenvalue weighted by molar-refractivity contribution is 0.121. The number of nitrogens with zero attached hydrogens (tertiary/aromatic N) is 2. The van der Waals surface area contributed by atoms with Crippen LogP contribution in [0.15, 0.2) is 47.4 Å². The number of aliphatic hydroxyl groups is 1. The summed E-state index contributed by atoms with van der Waals surface area (Å²) in [7, 11) is -3.22. The molecule has 0 unspecified atom stereocenters. The van der Waals surface area contributed by atoms with Gasteiger partial charge in [0.25, 0.3) is 0 Å². The van der Waals surface area contributed by atoms with Gasteiger partial charge in [-0.2, -0.15) is 5.26 Å². The molecule has 1 saturated heterocycles.